The second-order valence-corrected chi connectivity index (χ2v) is 7.09. The van der Waals surface area contributed by atoms with Crippen molar-refractivity contribution in [3.63, 3.8) is 0 Å². The molecule has 122 valence electrons. The van der Waals surface area contributed by atoms with Gasteiger partial charge in [0.2, 0.25) is 6.29 Å². The number of benzene rings is 1. The smallest absolute Gasteiger partial charge is 0.316 e. The summed E-state index contributed by atoms with van der Waals surface area (Å²) in [7, 11) is 0. The molecule has 0 bridgehead atoms. The van der Waals surface area contributed by atoms with Crippen molar-refractivity contribution in [1.29, 1.82) is 0 Å². The number of hydrogen-bond donors (Lipinski definition) is 1. The molecule has 1 aliphatic heterocycles. The molecule has 4 nitrogen and oxygen atoms in total. The Balaban J connectivity index is 1.95. The van der Waals surface area contributed by atoms with Crippen LogP contribution in [0, 0.1) is 11.3 Å². The SMILES string of the molecule is C[C@H]1O[C@@H](C(C)(C)C)OC(=O)[C@@H]1[C@@H](O)CCc1ccccc1. The number of aliphatic hydroxyl groups is 1. The zero-order valence-corrected chi connectivity index (χ0v) is 13.8. The first kappa shape index (κ1) is 17.0. The number of carbonyl (C=O) groups excluding carboxylic acids is 1. The lowest BCUT2D eigenvalue weighted by atomic mass is 9.89. The van der Waals surface area contributed by atoms with Gasteiger partial charge in [-0.1, -0.05) is 51.1 Å². The van der Waals surface area contributed by atoms with Crippen LogP contribution in [0.25, 0.3) is 0 Å². The highest BCUT2D eigenvalue weighted by molar-refractivity contribution is 5.74. The van der Waals surface area contributed by atoms with Crippen LogP contribution < -0.4 is 0 Å². The van der Waals surface area contributed by atoms with E-state index in [1.54, 1.807) is 0 Å². The second kappa shape index (κ2) is 6.80. The molecule has 0 radical (unpaired) electrons. The molecule has 4 heteroatoms. The lowest BCUT2D eigenvalue weighted by Gasteiger charge is -2.40. The Labute approximate surface area is 132 Å². The summed E-state index contributed by atoms with van der Waals surface area (Å²) in [6.45, 7) is 7.72. The largest absolute Gasteiger partial charge is 0.435 e. The van der Waals surface area contributed by atoms with Gasteiger partial charge in [0, 0.05) is 5.41 Å². The number of esters is 1. The molecule has 2 rings (SSSR count). The Morgan fingerprint density at radius 1 is 1.23 bits per heavy atom. The van der Waals surface area contributed by atoms with Crippen molar-refractivity contribution < 1.29 is 19.4 Å². The molecule has 1 aromatic rings. The first-order valence-corrected chi connectivity index (χ1v) is 7.87. The quantitative estimate of drug-likeness (QED) is 0.869. The van der Waals surface area contributed by atoms with Gasteiger partial charge in [-0.05, 0) is 25.3 Å². The maximum absolute atomic E-state index is 12.3. The number of aryl methyl sites for hydroxylation is 1. The lowest BCUT2D eigenvalue weighted by Crippen LogP contribution is -2.51. The number of hydrogen-bond acceptors (Lipinski definition) is 4. The van der Waals surface area contributed by atoms with Crippen LogP contribution >= 0.6 is 0 Å². The van der Waals surface area contributed by atoms with Crippen LogP contribution in [0.4, 0.5) is 0 Å². The fourth-order valence-corrected chi connectivity index (χ4v) is 2.67. The van der Waals surface area contributed by atoms with Gasteiger partial charge in [0.1, 0.15) is 5.92 Å². The molecule has 0 spiro atoms. The highest BCUT2D eigenvalue weighted by Crippen LogP contribution is 2.33. The molecule has 0 amide bonds. The van der Waals surface area contributed by atoms with Gasteiger partial charge in [0.15, 0.2) is 0 Å². The van der Waals surface area contributed by atoms with Crippen molar-refractivity contribution in [2.24, 2.45) is 11.3 Å². The fourth-order valence-electron chi connectivity index (χ4n) is 2.67. The van der Waals surface area contributed by atoms with Gasteiger partial charge in [-0.15, -0.1) is 0 Å². The lowest BCUT2D eigenvalue weighted by molar-refractivity contribution is -0.261. The van der Waals surface area contributed by atoms with Gasteiger partial charge in [0.25, 0.3) is 0 Å². The van der Waals surface area contributed by atoms with Crippen LogP contribution in [0.2, 0.25) is 0 Å². The predicted molar refractivity (Wildman–Crippen MR) is 84.1 cm³/mol. The van der Waals surface area contributed by atoms with Crippen LogP contribution in [-0.4, -0.2) is 29.6 Å². The van der Waals surface area contributed by atoms with Gasteiger partial charge in [-0.25, -0.2) is 0 Å². The third kappa shape index (κ3) is 4.08. The summed E-state index contributed by atoms with van der Waals surface area (Å²) in [6.07, 6.45) is -0.439. The third-order valence-corrected chi connectivity index (χ3v) is 4.03. The predicted octanol–water partition coefficient (Wildman–Crippen LogP) is 2.93. The van der Waals surface area contributed by atoms with Crippen LogP contribution in [-0.2, 0) is 20.7 Å². The molecular weight excluding hydrogens is 280 g/mol. The highest BCUT2D eigenvalue weighted by atomic mass is 16.7. The maximum atomic E-state index is 12.3. The number of aliphatic hydroxyl groups excluding tert-OH is 1. The fraction of sp³-hybridized carbons (Fsp3) is 0.611. The van der Waals surface area contributed by atoms with Gasteiger partial charge < -0.3 is 14.6 Å². The van der Waals surface area contributed by atoms with E-state index in [4.69, 9.17) is 9.47 Å². The van der Waals surface area contributed by atoms with Gasteiger partial charge in [0.05, 0.1) is 12.2 Å². The van der Waals surface area contributed by atoms with E-state index in [2.05, 4.69) is 0 Å². The van der Waals surface area contributed by atoms with E-state index in [9.17, 15) is 9.90 Å². The second-order valence-electron chi connectivity index (χ2n) is 7.09. The van der Waals surface area contributed by atoms with E-state index in [-0.39, 0.29) is 17.5 Å². The molecule has 4 atom stereocenters. The minimum atomic E-state index is -0.761. The van der Waals surface area contributed by atoms with E-state index >= 15 is 0 Å². The molecule has 0 unspecified atom stereocenters. The Morgan fingerprint density at radius 3 is 2.41 bits per heavy atom. The van der Waals surface area contributed by atoms with Crippen LogP contribution in [0.15, 0.2) is 30.3 Å². The average molecular weight is 306 g/mol. The van der Waals surface area contributed by atoms with E-state index in [0.717, 1.165) is 12.0 Å². The summed E-state index contributed by atoms with van der Waals surface area (Å²) >= 11 is 0. The summed E-state index contributed by atoms with van der Waals surface area (Å²) in [5.41, 5.74) is 0.871. The van der Waals surface area contributed by atoms with Crippen LogP contribution in [0.1, 0.15) is 39.7 Å². The van der Waals surface area contributed by atoms with Gasteiger partial charge >= 0.3 is 5.97 Å². The molecule has 0 aliphatic carbocycles. The van der Waals surface area contributed by atoms with Crippen molar-refractivity contribution in [3.05, 3.63) is 35.9 Å². The molecule has 1 fully saturated rings. The summed E-state index contributed by atoms with van der Waals surface area (Å²) in [5, 5.41) is 10.4. The molecule has 22 heavy (non-hydrogen) atoms. The van der Waals surface area contributed by atoms with Crippen molar-refractivity contribution in [2.45, 2.75) is 59.0 Å². The topological polar surface area (TPSA) is 55.8 Å². The van der Waals surface area contributed by atoms with Crippen LogP contribution in [0.3, 0.4) is 0 Å². The summed E-state index contributed by atoms with van der Waals surface area (Å²) in [5.74, 6) is -0.985. The minimum absolute atomic E-state index is 0.274. The molecule has 1 saturated heterocycles. The monoisotopic (exact) mass is 306 g/mol. The first-order chi connectivity index (χ1) is 10.3. The minimum Gasteiger partial charge on any atom is -0.435 e. The number of ether oxygens (including phenoxy) is 2. The summed E-state index contributed by atoms with van der Waals surface area (Å²) < 4.78 is 11.2. The standard InChI is InChI=1S/C18H26O4/c1-12-15(16(20)22-17(21-12)18(2,3)4)14(19)11-10-13-8-6-5-7-9-13/h5-9,12,14-15,17,19H,10-11H2,1-4H3/t12-,14+,15+,17-/m1/s1. The average Bonchev–Trinajstić information content (AvgIpc) is 2.44. The molecule has 1 heterocycles. The summed E-state index contributed by atoms with van der Waals surface area (Å²) in [4.78, 5) is 12.3. The number of cyclic esters (lactones) is 1. The summed E-state index contributed by atoms with van der Waals surface area (Å²) in [6, 6.07) is 9.93. The van der Waals surface area contributed by atoms with E-state index < -0.39 is 18.3 Å². The Bertz CT molecular complexity index is 492. The molecule has 1 aromatic carbocycles. The molecule has 0 aromatic heterocycles. The zero-order valence-electron chi connectivity index (χ0n) is 13.8. The van der Waals surface area contributed by atoms with Crippen molar-refractivity contribution in [1.82, 2.24) is 0 Å². The zero-order chi connectivity index (χ0) is 16.3. The third-order valence-electron chi connectivity index (χ3n) is 4.03. The maximum Gasteiger partial charge on any atom is 0.316 e. The van der Waals surface area contributed by atoms with Crippen molar-refractivity contribution in [2.75, 3.05) is 0 Å². The van der Waals surface area contributed by atoms with Crippen LogP contribution in [0.5, 0.6) is 0 Å². The first-order valence-electron chi connectivity index (χ1n) is 7.87. The van der Waals surface area contributed by atoms with Crippen molar-refractivity contribution in [3.8, 4) is 0 Å². The number of rotatable bonds is 4. The Hall–Kier alpha value is -1.39. The van der Waals surface area contributed by atoms with Gasteiger partial charge in [-0.3, -0.25) is 4.79 Å². The Morgan fingerprint density at radius 2 is 1.86 bits per heavy atom. The van der Waals surface area contributed by atoms with E-state index in [1.165, 1.54) is 0 Å². The molecule has 1 aliphatic rings. The van der Waals surface area contributed by atoms with E-state index in [0.29, 0.717) is 6.42 Å². The highest BCUT2D eigenvalue weighted by Gasteiger charge is 2.44. The normalized spacial score (nSPS) is 27.3. The Kier molecular flexibility index (Phi) is 5.24. The number of carbonyl (C=O) groups is 1. The van der Waals surface area contributed by atoms with E-state index in [1.807, 2.05) is 58.0 Å². The van der Waals surface area contributed by atoms with Gasteiger partial charge in [-0.2, -0.15) is 0 Å². The molecule has 0 saturated carbocycles. The van der Waals surface area contributed by atoms with Crippen molar-refractivity contribution >= 4 is 5.97 Å². The molecule has 1 N–H and O–H groups in total. The molecular formula is C18H26O4.